The maximum Gasteiger partial charge on any atom is 0.127 e. The first-order valence-corrected chi connectivity index (χ1v) is 3.99. The largest absolute Gasteiger partial charge is 0.330 e. The highest BCUT2D eigenvalue weighted by Gasteiger charge is 2.03. The summed E-state index contributed by atoms with van der Waals surface area (Å²) in [5, 5.41) is 4.70. The highest BCUT2D eigenvalue weighted by molar-refractivity contribution is 6.29. The van der Waals surface area contributed by atoms with Crippen molar-refractivity contribution in [3.05, 3.63) is 17.4 Å². The Morgan fingerprint density at radius 3 is 3.00 bits per heavy atom. The van der Waals surface area contributed by atoms with Crippen LogP contribution in [0.2, 0.25) is 5.15 Å². The lowest BCUT2D eigenvalue weighted by Gasteiger charge is -2.08. The van der Waals surface area contributed by atoms with Crippen LogP contribution in [-0.4, -0.2) is 16.3 Å². The van der Waals surface area contributed by atoms with Gasteiger partial charge in [-0.25, -0.2) is 0 Å². The first kappa shape index (κ1) is 8.56. The summed E-state index contributed by atoms with van der Waals surface area (Å²) in [6.45, 7) is 3.52. The summed E-state index contributed by atoms with van der Waals surface area (Å²) in [4.78, 5) is 0. The Hall–Kier alpha value is -0.540. The molecule has 0 fully saturated rings. The van der Waals surface area contributed by atoms with E-state index in [0.29, 0.717) is 17.6 Å². The lowest BCUT2D eigenvalue weighted by Crippen LogP contribution is -2.17. The molecule has 1 aromatic heterocycles. The summed E-state index contributed by atoms with van der Waals surface area (Å²) < 4.78 is 1.75. The van der Waals surface area contributed by atoms with Gasteiger partial charge in [0.15, 0.2) is 0 Å². The molecule has 2 N–H and O–H groups in total. The van der Waals surface area contributed by atoms with Crippen LogP contribution in [0.15, 0.2) is 12.3 Å². The second-order valence-corrected chi connectivity index (χ2v) is 3.06. The Kier molecular flexibility index (Phi) is 2.91. The number of nitrogens with two attached hydrogens (primary N) is 1. The molecule has 0 bridgehead atoms. The highest BCUT2D eigenvalue weighted by Crippen LogP contribution is 2.08. The van der Waals surface area contributed by atoms with Gasteiger partial charge in [-0.15, -0.1) is 0 Å². The quantitative estimate of drug-likeness (QED) is 0.745. The lowest BCUT2D eigenvalue weighted by atomic mass is 10.2. The van der Waals surface area contributed by atoms with Gasteiger partial charge in [0, 0.05) is 6.54 Å². The van der Waals surface area contributed by atoms with Crippen LogP contribution < -0.4 is 5.73 Å². The first-order chi connectivity index (χ1) is 5.24. The minimum Gasteiger partial charge on any atom is -0.330 e. The number of halogens is 1. The SMILES string of the molecule is CC(CN)Cn1nccc1Cl. The zero-order valence-electron chi connectivity index (χ0n) is 6.50. The Morgan fingerprint density at radius 2 is 2.55 bits per heavy atom. The molecule has 11 heavy (non-hydrogen) atoms. The minimum atomic E-state index is 0.424. The minimum absolute atomic E-state index is 0.424. The van der Waals surface area contributed by atoms with Gasteiger partial charge in [-0.05, 0) is 18.5 Å². The van der Waals surface area contributed by atoms with Crippen LogP contribution in [-0.2, 0) is 6.54 Å². The molecule has 1 aromatic rings. The molecule has 0 aromatic carbocycles. The van der Waals surface area contributed by atoms with Gasteiger partial charge in [0.05, 0.1) is 6.20 Å². The fraction of sp³-hybridized carbons (Fsp3) is 0.571. The van der Waals surface area contributed by atoms with Crippen molar-refractivity contribution in [2.75, 3.05) is 6.54 Å². The summed E-state index contributed by atoms with van der Waals surface area (Å²) in [5.74, 6) is 0.424. The average Bonchev–Trinajstić information content (AvgIpc) is 2.37. The van der Waals surface area contributed by atoms with E-state index in [4.69, 9.17) is 17.3 Å². The normalized spacial score (nSPS) is 13.4. The molecular formula is C7H12ClN3. The molecule has 0 spiro atoms. The number of nitrogens with zero attached hydrogens (tertiary/aromatic N) is 2. The summed E-state index contributed by atoms with van der Waals surface area (Å²) in [7, 11) is 0. The first-order valence-electron chi connectivity index (χ1n) is 3.61. The fourth-order valence-electron chi connectivity index (χ4n) is 0.821. The van der Waals surface area contributed by atoms with Crippen LogP contribution in [0.3, 0.4) is 0 Å². The van der Waals surface area contributed by atoms with Crippen LogP contribution in [0.5, 0.6) is 0 Å². The van der Waals surface area contributed by atoms with E-state index in [0.717, 1.165) is 6.54 Å². The molecule has 4 heteroatoms. The van der Waals surface area contributed by atoms with Gasteiger partial charge in [0.1, 0.15) is 5.15 Å². The highest BCUT2D eigenvalue weighted by atomic mass is 35.5. The van der Waals surface area contributed by atoms with Crippen molar-refractivity contribution < 1.29 is 0 Å². The molecule has 0 saturated heterocycles. The molecule has 62 valence electrons. The zero-order valence-corrected chi connectivity index (χ0v) is 7.25. The average molecular weight is 174 g/mol. The molecule has 1 rings (SSSR count). The van der Waals surface area contributed by atoms with Gasteiger partial charge in [-0.1, -0.05) is 18.5 Å². The third-order valence-corrected chi connectivity index (χ3v) is 1.87. The summed E-state index contributed by atoms with van der Waals surface area (Å²) in [6.07, 6.45) is 1.69. The van der Waals surface area contributed by atoms with Gasteiger partial charge in [0.2, 0.25) is 0 Å². The Morgan fingerprint density at radius 1 is 1.82 bits per heavy atom. The third kappa shape index (κ3) is 2.20. The van der Waals surface area contributed by atoms with Crippen molar-refractivity contribution >= 4 is 11.6 Å². The van der Waals surface area contributed by atoms with Crippen LogP contribution >= 0.6 is 11.6 Å². The summed E-state index contributed by atoms with van der Waals surface area (Å²) >= 11 is 5.80. The van der Waals surface area contributed by atoms with Crippen LogP contribution in [0, 0.1) is 5.92 Å². The Labute approximate surface area is 71.1 Å². The van der Waals surface area contributed by atoms with E-state index in [2.05, 4.69) is 12.0 Å². The van der Waals surface area contributed by atoms with Crippen LogP contribution in [0.4, 0.5) is 0 Å². The van der Waals surface area contributed by atoms with E-state index < -0.39 is 0 Å². The fourth-order valence-corrected chi connectivity index (χ4v) is 0.990. The van der Waals surface area contributed by atoms with Crippen molar-refractivity contribution in [1.82, 2.24) is 9.78 Å². The summed E-state index contributed by atoms with van der Waals surface area (Å²) in [6, 6.07) is 1.77. The second kappa shape index (κ2) is 3.74. The number of hydrogen-bond donors (Lipinski definition) is 1. The van der Waals surface area contributed by atoms with Gasteiger partial charge < -0.3 is 5.73 Å². The van der Waals surface area contributed by atoms with E-state index in [1.165, 1.54) is 0 Å². The molecule has 0 saturated carbocycles. The van der Waals surface area contributed by atoms with Gasteiger partial charge in [-0.2, -0.15) is 5.10 Å². The molecule has 1 atom stereocenters. The maximum absolute atomic E-state index is 5.80. The maximum atomic E-state index is 5.80. The molecule has 1 unspecified atom stereocenters. The smallest absolute Gasteiger partial charge is 0.127 e. The Bertz CT molecular complexity index is 221. The predicted molar refractivity (Wildman–Crippen MR) is 45.5 cm³/mol. The lowest BCUT2D eigenvalue weighted by molar-refractivity contribution is 0.459. The van der Waals surface area contributed by atoms with Crippen molar-refractivity contribution in [1.29, 1.82) is 0 Å². The van der Waals surface area contributed by atoms with E-state index in [1.807, 2.05) is 0 Å². The molecule has 1 heterocycles. The third-order valence-electron chi connectivity index (χ3n) is 1.55. The molecule has 0 radical (unpaired) electrons. The monoisotopic (exact) mass is 173 g/mol. The molecule has 0 aliphatic heterocycles. The van der Waals surface area contributed by atoms with Crippen LogP contribution in [0.1, 0.15) is 6.92 Å². The second-order valence-electron chi connectivity index (χ2n) is 2.68. The molecule has 0 amide bonds. The molecule has 3 nitrogen and oxygen atoms in total. The number of aromatic nitrogens is 2. The topological polar surface area (TPSA) is 43.8 Å². The van der Waals surface area contributed by atoms with Gasteiger partial charge in [-0.3, -0.25) is 4.68 Å². The molecule has 0 aliphatic rings. The number of rotatable bonds is 3. The van der Waals surface area contributed by atoms with E-state index >= 15 is 0 Å². The number of hydrogen-bond acceptors (Lipinski definition) is 2. The van der Waals surface area contributed by atoms with E-state index in [-0.39, 0.29) is 0 Å². The van der Waals surface area contributed by atoms with E-state index in [1.54, 1.807) is 16.9 Å². The van der Waals surface area contributed by atoms with E-state index in [9.17, 15) is 0 Å². The summed E-state index contributed by atoms with van der Waals surface area (Å²) in [5.41, 5.74) is 5.45. The molecule has 0 aliphatic carbocycles. The Balaban J connectivity index is 2.56. The molecular weight excluding hydrogens is 162 g/mol. The van der Waals surface area contributed by atoms with Gasteiger partial charge >= 0.3 is 0 Å². The predicted octanol–water partition coefficient (Wildman–Crippen LogP) is 1.13. The zero-order chi connectivity index (χ0) is 8.27. The van der Waals surface area contributed by atoms with Crippen LogP contribution in [0.25, 0.3) is 0 Å². The standard InChI is InChI=1S/C7H12ClN3/c1-6(4-9)5-11-7(8)2-3-10-11/h2-3,6H,4-5,9H2,1H3. The van der Waals surface area contributed by atoms with Gasteiger partial charge in [0.25, 0.3) is 0 Å². The van der Waals surface area contributed by atoms with Crippen molar-refractivity contribution in [2.45, 2.75) is 13.5 Å². The van der Waals surface area contributed by atoms with Crippen molar-refractivity contribution in [3.8, 4) is 0 Å². The van der Waals surface area contributed by atoms with Crippen molar-refractivity contribution in [2.24, 2.45) is 11.7 Å². The van der Waals surface area contributed by atoms with Crippen molar-refractivity contribution in [3.63, 3.8) is 0 Å².